The van der Waals surface area contributed by atoms with Gasteiger partial charge in [0.05, 0.1) is 6.54 Å². The number of carbonyl (C=O) groups is 3. The van der Waals surface area contributed by atoms with Crippen molar-refractivity contribution in [3.63, 3.8) is 0 Å². The van der Waals surface area contributed by atoms with Gasteiger partial charge in [0, 0.05) is 12.7 Å². The first-order valence-corrected chi connectivity index (χ1v) is 6.85. The number of rotatable bonds is 4. The third kappa shape index (κ3) is 3.21. The first kappa shape index (κ1) is 15.0. The van der Waals surface area contributed by atoms with E-state index < -0.39 is 6.03 Å². The lowest BCUT2D eigenvalue weighted by Gasteiger charge is -2.21. The van der Waals surface area contributed by atoms with Crippen molar-refractivity contribution in [3.8, 4) is 0 Å². The van der Waals surface area contributed by atoms with Crippen LogP contribution < -0.4 is 10.2 Å². The molecule has 112 valence electrons. The van der Waals surface area contributed by atoms with Crippen LogP contribution in [0, 0.1) is 0 Å². The van der Waals surface area contributed by atoms with Crippen molar-refractivity contribution in [2.45, 2.75) is 19.8 Å². The van der Waals surface area contributed by atoms with Crippen molar-refractivity contribution in [2.24, 2.45) is 0 Å². The summed E-state index contributed by atoms with van der Waals surface area (Å²) >= 11 is 0. The van der Waals surface area contributed by atoms with Crippen LogP contribution in [0.1, 0.15) is 25.3 Å². The number of hydrogen-bond donors (Lipinski definition) is 1. The normalized spacial score (nSPS) is 14.6. The van der Waals surface area contributed by atoms with E-state index >= 15 is 0 Å². The molecule has 0 aliphatic carbocycles. The SMILES string of the molecule is CC(C)c1cccc(N(C)C(=O)CN2C(=O)CNC2=O)c1. The standard InChI is InChI=1S/C15H19N3O3/c1-10(2)11-5-4-6-12(7-11)17(3)14(20)9-18-13(19)8-16-15(18)21/h4-7,10H,8-9H2,1-3H3,(H,16,21). The molecule has 4 amide bonds. The number of imide groups is 1. The maximum Gasteiger partial charge on any atom is 0.325 e. The number of anilines is 1. The second kappa shape index (κ2) is 5.95. The van der Waals surface area contributed by atoms with Crippen LogP contribution in [0.5, 0.6) is 0 Å². The molecule has 1 fully saturated rings. The number of nitrogens with zero attached hydrogens (tertiary/aromatic N) is 2. The Hall–Kier alpha value is -2.37. The summed E-state index contributed by atoms with van der Waals surface area (Å²) in [4.78, 5) is 37.6. The van der Waals surface area contributed by atoms with E-state index in [0.717, 1.165) is 16.2 Å². The minimum absolute atomic E-state index is 0.0430. The van der Waals surface area contributed by atoms with Gasteiger partial charge in [0.25, 0.3) is 5.91 Å². The minimum Gasteiger partial charge on any atom is -0.329 e. The van der Waals surface area contributed by atoms with Crippen molar-refractivity contribution in [1.82, 2.24) is 10.2 Å². The highest BCUT2D eigenvalue weighted by Crippen LogP contribution is 2.21. The maximum atomic E-state index is 12.2. The van der Waals surface area contributed by atoms with Crippen LogP contribution in [0.25, 0.3) is 0 Å². The lowest BCUT2D eigenvalue weighted by molar-refractivity contribution is -0.129. The van der Waals surface area contributed by atoms with Crippen LogP contribution in [0.2, 0.25) is 0 Å². The summed E-state index contributed by atoms with van der Waals surface area (Å²) in [6.45, 7) is 3.87. The lowest BCUT2D eigenvalue weighted by Crippen LogP contribution is -2.41. The zero-order valence-electron chi connectivity index (χ0n) is 12.4. The van der Waals surface area contributed by atoms with Gasteiger partial charge in [-0.15, -0.1) is 0 Å². The number of carbonyl (C=O) groups excluding carboxylic acids is 3. The molecule has 0 atom stereocenters. The first-order valence-electron chi connectivity index (χ1n) is 6.85. The van der Waals surface area contributed by atoms with Crippen molar-refractivity contribution in [3.05, 3.63) is 29.8 Å². The predicted molar refractivity (Wildman–Crippen MR) is 79.1 cm³/mol. The fourth-order valence-corrected chi connectivity index (χ4v) is 2.09. The molecule has 0 unspecified atom stereocenters. The summed E-state index contributed by atoms with van der Waals surface area (Å²) in [6.07, 6.45) is 0. The third-order valence-corrected chi connectivity index (χ3v) is 3.53. The summed E-state index contributed by atoms with van der Waals surface area (Å²) < 4.78 is 0. The molecule has 1 aliphatic heterocycles. The van der Waals surface area contributed by atoms with Gasteiger partial charge in [-0.2, -0.15) is 0 Å². The van der Waals surface area contributed by atoms with Gasteiger partial charge in [-0.3, -0.25) is 14.5 Å². The highest BCUT2D eigenvalue weighted by molar-refractivity contribution is 6.06. The summed E-state index contributed by atoms with van der Waals surface area (Å²) in [5.74, 6) is -0.321. The first-order chi connectivity index (χ1) is 9.90. The van der Waals surface area contributed by atoms with E-state index in [1.807, 2.05) is 24.3 Å². The van der Waals surface area contributed by atoms with E-state index in [2.05, 4.69) is 19.2 Å². The molecule has 1 heterocycles. The summed E-state index contributed by atoms with van der Waals surface area (Å²) in [5, 5.41) is 2.39. The van der Waals surface area contributed by atoms with Crippen LogP contribution in [-0.4, -0.2) is 42.9 Å². The summed E-state index contributed by atoms with van der Waals surface area (Å²) in [6, 6.07) is 7.15. The zero-order valence-corrected chi connectivity index (χ0v) is 12.4. The van der Waals surface area contributed by atoms with Gasteiger partial charge in [-0.25, -0.2) is 4.79 Å². The van der Waals surface area contributed by atoms with E-state index in [0.29, 0.717) is 5.92 Å². The Morgan fingerprint density at radius 3 is 2.67 bits per heavy atom. The summed E-state index contributed by atoms with van der Waals surface area (Å²) in [5.41, 5.74) is 1.88. The molecule has 1 aromatic rings. The van der Waals surface area contributed by atoms with Crippen LogP contribution >= 0.6 is 0 Å². The van der Waals surface area contributed by atoms with E-state index in [4.69, 9.17) is 0 Å². The number of hydrogen-bond acceptors (Lipinski definition) is 3. The number of amides is 4. The molecule has 1 N–H and O–H groups in total. The molecule has 6 nitrogen and oxygen atoms in total. The summed E-state index contributed by atoms with van der Waals surface area (Å²) in [7, 11) is 1.64. The maximum absolute atomic E-state index is 12.2. The highest BCUT2D eigenvalue weighted by Gasteiger charge is 2.31. The molecular weight excluding hydrogens is 270 g/mol. The molecule has 6 heteroatoms. The molecule has 0 saturated carbocycles. The van der Waals surface area contributed by atoms with Gasteiger partial charge < -0.3 is 10.2 Å². The van der Waals surface area contributed by atoms with Gasteiger partial charge in [-0.05, 0) is 23.6 Å². The fraction of sp³-hybridized carbons (Fsp3) is 0.400. The average molecular weight is 289 g/mol. The Balaban J connectivity index is 2.10. The molecule has 0 aromatic heterocycles. The number of urea groups is 1. The largest absolute Gasteiger partial charge is 0.329 e. The predicted octanol–water partition coefficient (Wildman–Crippen LogP) is 1.32. The van der Waals surface area contributed by atoms with Gasteiger partial charge in [-0.1, -0.05) is 26.0 Å². The van der Waals surface area contributed by atoms with E-state index in [-0.39, 0.29) is 24.9 Å². The Morgan fingerprint density at radius 2 is 2.10 bits per heavy atom. The topological polar surface area (TPSA) is 69.7 Å². The Bertz CT molecular complexity index is 567. The molecule has 0 radical (unpaired) electrons. The van der Waals surface area contributed by atoms with Gasteiger partial charge in [0.15, 0.2) is 0 Å². The monoisotopic (exact) mass is 289 g/mol. The number of likely N-dealkylation sites (N-methyl/N-ethyl adjacent to an activating group) is 1. The second-order valence-electron chi connectivity index (χ2n) is 5.34. The number of benzene rings is 1. The van der Waals surface area contributed by atoms with E-state index in [9.17, 15) is 14.4 Å². The lowest BCUT2D eigenvalue weighted by atomic mass is 10.0. The number of nitrogens with one attached hydrogen (secondary N) is 1. The van der Waals surface area contributed by atoms with E-state index in [1.165, 1.54) is 4.90 Å². The molecule has 0 spiro atoms. The average Bonchev–Trinajstić information content (AvgIpc) is 2.78. The zero-order chi connectivity index (χ0) is 15.6. The molecule has 1 aromatic carbocycles. The molecule has 2 rings (SSSR count). The van der Waals surface area contributed by atoms with Crippen molar-refractivity contribution < 1.29 is 14.4 Å². The van der Waals surface area contributed by atoms with Gasteiger partial charge in [0.2, 0.25) is 5.91 Å². The molecule has 1 aliphatic rings. The molecule has 1 saturated heterocycles. The Kier molecular flexibility index (Phi) is 4.26. The third-order valence-electron chi connectivity index (χ3n) is 3.53. The van der Waals surface area contributed by atoms with Crippen LogP contribution in [0.15, 0.2) is 24.3 Å². The molecular formula is C15H19N3O3. The van der Waals surface area contributed by atoms with E-state index in [1.54, 1.807) is 7.05 Å². The van der Waals surface area contributed by atoms with Crippen molar-refractivity contribution in [1.29, 1.82) is 0 Å². The quantitative estimate of drug-likeness (QED) is 0.850. The Labute approximate surface area is 123 Å². The highest BCUT2D eigenvalue weighted by atomic mass is 16.2. The van der Waals surface area contributed by atoms with Crippen LogP contribution in [0.4, 0.5) is 10.5 Å². The smallest absolute Gasteiger partial charge is 0.325 e. The van der Waals surface area contributed by atoms with Crippen LogP contribution in [-0.2, 0) is 9.59 Å². The van der Waals surface area contributed by atoms with Crippen molar-refractivity contribution >= 4 is 23.5 Å². The van der Waals surface area contributed by atoms with Gasteiger partial charge >= 0.3 is 6.03 Å². The minimum atomic E-state index is -0.516. The second-order valence-corrected chi connectivity index (χ2v) is 5.34. The van der Waals surface area contributed by atoms with Crippen molar-refractivity contribution in [2.75, 3.05) is 25.0 Å². The fourth-order valence-electron chi connectivity index (χ4n) is 2.09. The van der Waals surface area contributed by atoms with Gasteiger partial charge in [0.1, 0.15) is 6.54 Å². The Morgan fingerprint density at radius 1 is 1.38 bits per heavy atom. The van der Waals surface area contributed by atoms with Crippen LogP contribution in [0.3, 0.4) is 0 Å². The molecule has 21 heavy (non-hydrogen) atoms. The molecule has 0 bridgehead atoms.